The minimum Gasteiger partial charge on any atom is -0.372 e. The molecule has 0 aliphatic rings. The molecule has 0 aliphatic carbocycles. The van der Waals surface area contributed by atoms with Gasteiger partial charge < -0.3 is 5.32 Å². The summed E-state index contributed by atoms with van der Waals surface area (Å²) in [6, 6.07) is 1.53. The average molecular weight is 350 g/mol. The smallest absolute Gasteiger partial charge is 0.246 e. The SMILES string of the molecule is CCCC(C)N(C)S(=O)(=O)c1cc(Br)cnc1NC. The lowest BCUT2D eigenvalue weighted by Gasteiger charge is -2.24. The van der Waals surface area contributed by atoms with Crippen LogP contribution >= 0.6 is 15.9 Å². The molecule has 1 rings (SSSR count). The van der Waals surface area contributed by atoms with Gasteiger partial charge in [-0.1, -0.05) is 13.3 Å². The molecule has 0 saturated heterocycles. The molecular weight excluding hydrogens is 330 g/mol. The summed E-state index contributed by atoms with van der Waals surface area (Å²) in [4.78, 5) is 4.28. The fourth-order valence-corrected chi connectivity index (χ4v) is 3.84. The van der Waals surface area contributed by atoms with E-state index in [4.69, 9.17) is 0 Å². The third-order valence-electron chi connectivity index (χ3n) is 3.04. The second-order valence-electron chi connectivity index (χ2n) is 4.41. The van der Waals surface area contributed by atoms with Crippen molar-refractivity contribution in [3.05, 3.63) is 16.7 Å². The van der Waals surface area contributed by atoms with Gasteiger partial charge >= 0.3 is 0 Å². The van der Waals surface area contributed by atoms with Crippen LogP contribution in [0.5, 0.6) is 0 Å². The predicted molar refractivity (Wildman–Crippen MR) is 80.8 cm³/mol. The zero-order valence-electron chi connectivity index (χ0n) is 11.6. The second-order valence-corrected chi connectivity index (χ2v) is 7.29. The highest BCUT2D eigenvalue weighted by Crippen LogP contribution is 2.26. The van der Waals surface area contributed by atoms with Gasteiger partial charge in [0.05, 0.1) is 0 Å². The van der Waals surface area contributed by atoms with Crippen molar-refractivity contribution in [1.82, 2.24) is 9.29 Å². The van der Waals surface area contributed by atoms with Crippen LogP contribution in [0.25, 0.3) is 0 Å². The molecule has 0 spiro atoms. The zero-order valence-corrected chi connectivity index (χ0v) is 14.0. The molecule has 1 unspecified atom stereocenters. The maximum Gasteiger partial charge on any atom is 0.246 e. The minimum atomic E-state index is -3.55. The third-order valence-corrected chi connectivity index (χ3v) is 5.46. The Kier molecular flexibility index (Phi) is 5.76. The van der Waals surface area contributed by atoms with Gasteiger partial charge in [-0.25, -0.2) is 13.4 Å². The van der Waals surface area contributed by atoms with E-state index in [0.717, 1.165) is 12.8 Å². The molecular formula is C12H20BrN3O2S. The molecule has 0 saturated carbocycles. The summed E-state index contributed by atoms with van der Waals surface area (Å²) >= 11 is 3.26. The molecule has 0 amide bonds. The Balaban J connectivity index is 3.23. The Morgan fingerprint density at radius 1 is 1.53 bits per heavy atom. The van der Waals surface area contributed by atoms with Gasteiger partial charge in [0.25, 0.3) is 0 Å². The first-order chi connectivity index (χ1) is 8.84. The quantitative estimate of drug-likeness (QED) is 0.857. The molecule has 19 heavy (non-hydrogen) atoms. The molecule has 0 aliphatic heterocycles. The number of anilines is 1. The second kappa shape index (κ2) is 6.67. The number of aromatic nitrogens is 1. The summed E-state index contributed by atoms with van der Waals surface area (Å²) in [5.74, 6) is 0.360. The maximum absolute atomic E-state index is 12.6. The summed E-state index contributed by atoms with van der Waals surface area (Å²) < 4.78 is 27.3. The highest BCUT2D eigenvalue weighted by Gasteiger charge is 2.28. The van der Waals surface area contributed by atoms with Crippen LogP contribution in [0.1, 0.15) is 26.7 Å². The van der Waals surface area contributed by atoms with E-state index in [2.05, 4.69) is 26.2 Å². The molecule has 1 N–H and O–H groups in total. The number of nitrogens with zero attached hydrogens (tertiary/aromatic N) is 2. The Morgan fingerprint density at radius 2 is 2.16 bits per heavy atom. The molecule has 1 aromatic heterocycles. The van der Waals surface area contributed by atoms with Gasteiger partial charge in [-0.05, 0) is 35.3 Å². The Bertz CT molecular complexity index is 534. The molecule has 1 aromatic rings. The van der Waals surface area contributed by atoms with Crippen LogP contribution in [0.4, 0.5) is 5.82 Å². The van der Waals surface area contributed by atoms with E-state index in [1.54, 1.807) is 26.4 Å². The monoisotopic (exact) mass is 349 g/mol. The van der Waals surface area contributed by atoms with E-state index in [1.165, 1.54) is 4.31 Å². The lowest BCUT2D eigenvalue weighted by Crippen LogP contribution is -2.35. The van der Waals surface area contributed by atoms with Crippen molar-refractivity contribution in [3.8, 4) is 0 Å². The molecule has 1 atom stereocenters. The van der Waals surface area contributed by atoms with Gasteiger partial charge in [0.15, 0.2) is 0 Å². The Labute approximate surface area is 123 Å². The summed E-state index contributed by atoms with van der Waals surface area (Å²) in [6.07, 6.45) is 3.34. The molecule has 7 heteroatoms. The van der Waals surface area contributed by atoms with Gasteiger partial charge in [0.2, 0.25) is 10.0 Å². The van der Waals surface area contributed by atoms with Crippen molar-refractivity contribution in [1.29, 1.82) is 0 Å². The summed E-state index contributed by atoms with van der Waals surface area (Å²) in [7, 11) is -0.283. The van der Waals surface area contributed by atoms with Gasteiger partial charge in [-0.3, -0.25) is 0 Å². The van der Waals surface area contributed by atoms with Gasteiger partial charge in [0.1, 0.15) is 10.7 Å². The van der Waals surface area contributed by atoms with Gasteiger partial charge in [-0.2, -0.15) is 4.31 Å². The number of nitrogens with one attached hydrogen (secondary N) is 1. The summed E-state index contributed by atoms with van der Waals surface area (Å²) in [5, 5.41) is 2.82. The molecule has 1 heterocycles. The van der Waals surface area contributed by atoms with Crippen LogP contribution in [0, 0.1) is 0 Å². The van der Waals surface area contributed by atoms with Crippen LogP contribution in [0.15, 0.2) is 21.6 Å². The van der Waals surface area contributed by atoms with Crippen molar-refractivity contribution in [2.24, 2.45) is 0 Å². The van der Waals surface area contributed by atoms with E-state index >= 15 is 0 Å². The first-order valence-electron chi connectivity index (χ1n) is 6.15. The molecule has 0 aromatic carbocycles. The normalized spacial score (nSPS) is 13.6. The number of pyridine rings is 1. The average Bonchev–Trinajstić information content (AvgIpc) is 2.38. The summed E-state index contributed by atoms with van der Waals surface area (Å²) in [6.45, 7) is 3.95. The Morgan fingerprint density at radius 3 is 2.68 bits per heavy atom. The first kappa shape index (κ1) is 16.4. The van der Waals surface area contributed by atoms with Crippen molar-refractivity contribution < 1.29 is 8.42 Å². The van der Waals surface area contributed by atoms with E-state index in [-0.39, 0.29) is 10.9 Å². The highest BCUT2D eigenvalue weighted by atomic mass is 79.9. The van der Waals surface area contributed by atoms with Gasteiger partial charge in [0, 0.05) is 30.8 Å². The predicted octanol–water partition coefficient (Wildman–Crippen LogP) is 2.69. The maximum atomic E-state index is 12.6. The van der Waals surface area contributed by atoms with Crippen LogP contribution < -0.4 is 5.32 Å². The van der Waals surface area contributed by atoms with Crippen LogP contribution in [-0.2, 0) is 10.0 Å². The lowest BCUT2D eigenvalue weighted by atomic mass is 10.2. The van der Waals surface area contributed by atoms with E-state index in [0.29, 0.717) is 10.3 Å². The molecule has 0 fully saturated rings. The van der Waals surface area contributed by atoms with Crippen LogP contribution in [0.2, 0.25) is 0 Å². The standard InChI is InChI=1S/C12H20BrN3O2S/c1-5-6-9(2)16(4)19(17,18)11-7-10(13)8-15-12(11)14-3/h7-9H,5-6H2,1-4H3,(H,14,15). The Hall–Kier alpha value is -0.660. The zero-order chi connectivity index (χ0) is 14.6. The van der Waals surface area contributed by atoms with Crippen molar-refractivity contribution in [3.63, 3.8) is 0 Å². The van der Waals surface area contributed by atoms with Crippen molar-refractivity contribution >= 4 is 31.8 Å². The van der Waals surface area contributed by atoms with Crippen molar-refractivity contribution in [2.75, 3.05) is 19.4 Å². The van der Waals surface area contributed by atoms with E-state index < -0.39 is 10.0 Å². The van der Waals surface area contributed by atoms with Gasteiger partial charge in [-0.15, -0.1) is 0 Å². The number of sulfonamides is 1. The molecule has 5 nitrogen and oxygen atoms in total. The fourth-order valence-electron chi connectivity index (χ4n) is 1.80. The molecule has 0 bridgehead atoms. The first-order valence-corrected chi connectivity index (χ1v) is 8.39. The number of halogens is 1. The third kappa shape index (κ3) is 3.67. The highest BCUT2D eigenvalue weighted by molar-refractivity contribution is 9.10. The molecule has 108 valence electrons. The largest absolute Gasteiger partial charge is 0.372 e. The number of rotatable bonds is 6. The topological polar surface area (TPSA) is 62.3 Å². The van der Waals surface area contributed by atoms with E-state index in [9.17, 15) is 8.42 Å². The number of hydrogen-bond acceptors (Lipinski definition) is 4. The van der Waals surface area contributed by atoms with Crippen LogP contribution in [-0.4, -0.2) is 37.8 Å². The van der Waals surface area contributed by atoms with Crippen LogP contribution in [0.3, 0.4) is 0 Å². The lowest BCUT2D eigenvalue weighted by molar-refractivity contribution is 0.369. The van der Waals surface area contributed by atoms with Crippen molar-refractivity contribution in [2.45, 2.75) is 37.6 Å². The molecule has 0 radical (unpaired) electrons. The fraction of sp³-hybridized carbons (Fsp3) is 0.583. The summed E-state index contributed by atoms with van der Waals surface area (Å²) in [5.41, 5.74) is 0. The van der Waals surface area contributed by atoms with E-state index in [1.807, 2.05) is 13.8 Å². The minimum absolute atomic E-state index is 0.0429. The number of hydrogen-bond donors (Lipinski definition) is 1.